The molecule has 0 aromatic heterocycles. The van der Waals surface area contributed by atoms with E-state index in [-0.39, 0.29) is 11.7 Å². The highest BCUT2D eigenvalue weighted by Crippen LogP contribution is 2.24. The van der Waals surface area contributed by atoms with Crippen molar-refractivity contribution in [3.63, 3.8) is 0 Å². The Labute approximate surface area is 140 Å². The highest BCUT2D eigenvalue weighted by Gasteiger charge is 2.07. The summed E-state index contributed by atoms with van der Waals surface area (Å²) in [5, 5.41) is 3.27. The van der Waals surface area contributed by atoms with Crippen molar-refractivity contribution in [1.29, 1.82) is 0 Å². The summed E-state index contributed by atoms with van der Waals surface area (Å²) in [6, 6.07) is 11.6. The molecule has 2 aromatic rings. The molecule has 0 spiro atoms. The van der Waals surface area contributed by atoms with Gasteiger partial charge in [-0.15, -0.1) is 11.8 Å². The first-order chi connectivity index (χ1) is 10.1. The van der Waals surface area contributed by atoms with Gasteiger partial charge in [-0.1, -0.05) is 45.7 Å². The van der Waals surface area contributed by atoms with Crippen LogP contribution >= 0.6 is 39.3 Å². The Kier molecular flexibility index (Phi) is 6.08. The zero-order valence-corrected chi connectivity index (χ0v) is 14.1. The fourth-order valence-electron chi connectivity index (χ4n) is 1.64. The van der Waals surface area contributed by atoms with E-state index in [9.17, 15) is 9.18 Å². The van der Waals surface area contributed by atoms with Gasteiger partial charge in [-0.2, -0.15) is 0 Å². The number of para-hydroxylation sites is 1. The SMILES string of the molecule is O=C(CSCc1ccc(F)cc1Br)Nc1ccccc1Cl. The lowest BCUT2D eigenvalue weighted by Crippen LogP contribution is -2.14. The van der Waals surface area contributed by atoms with Crippen LogP contribution in [0.25, 0.3) is 0 Å². The predicted octanol–water partition coefficient (Wildman–Crippen LogP) is 5.11. The summed E-state index contributed by atoms with van der Waals surface area (Å²) < 4.78 is 13.7. The number of halogens is 3. The average Bonchev–Trinajstić information content (AvgIpc) is 2.44. The number of anilines is 1. The van der Waals surface area contributed by atoms with Gasteiger partial charge in [0.2, 0.25) is 5.91 Å². The van der Waals surface area contributed by atoms with Gasteiger partial charge < -0.3 is 5.32 Å². The minimum absolute atomic E-state index is 0.119. The van der Waals surface area contributed by atoms with Gasteiger partial charge in [-0.05, 0) is 29.8 Å². The van der Waals surface area contributed by atoms with Crippen LogP contribution in [-0.4, -0.2) is 11.7 Å². The summed E-state index contributed by atoms with van der Waals surface area (Å²) in [6.07, 6.45) is 0. The molecule has 2 rings (SSSR count). The summed E-state index contributed by atoms with van der Waals surface area (Å²) >= 11 is 10.7. The number of carbonyl (C=O) groups is 1. The largest absolute Gasteiger partial charge is 0.324 e. The first-order valence-electron chi connectivity index (χ1n) is 6.12. The smallest absolute Gasteiger partial charge is 0.234 e. The molecule has 0 aliphatic heterocycles. The van der Waals surface area contributed by atoms with E-state index in [0.717, 1.165) is 5.56 Å². The average molecular weight is 389 g/mol. The molecular formula is C15H12BrClFNOS. The van der Waals surface area contributed by atoms with Crippen molar-refractivity contribution in [3.05, 3.63) is 63.3 Å². The topological polar surface area (TPSA) is 29.1 Å². The van der Waals surface area contributed by atoms with Crippen molar-refractivity contribution in [2.24, 2.45) is 0 Å². The Morgan fingerprint density at radius 2 is 2.05 bits per heavy atom. The molecule has 0 heterocycles. The van der Waals surface area contributed by atoms with E-state index in [1.54, 1.807) is 24.3 Å². The Hall–Kier alpha value is -1.04. The maximum absolute atomic E-state index is 13.0. The number of thioether (sulfide) groups is 1. The summed E-state index contributed by atoms with van der Waals surface area (Å²) in [6.45, 7) is 0. The van der Waals surface area contributed by atoms with E-state index in [4.69, 9.17) is 11.6 Å². The number of amides is 1. The van der Waals surface area contributed by atoms with Crippen molar-refractivity contribution < 1.29 is 9.18 Å². The van der Waals surface area contributed by atoms with Crippen molar-refractivity contribution in [3.8, 4) is 0 Å². The Morgan fingerprint density at radius 3 is 2.76 bits per heavy atom. The van der Waals surface area contributed by atoms with Crippen LogP contribution in [0.1, 0.15) is 5.56 Å². The maximum Gasteiger partial charge on any atom is 0.234 e. The van der Waals surface area contributed by atoms with E-state index in [1.165, 1.54) is 23.9 Å². The van der Waals surface area contributed by atoms with Crippen LogP contribution in [0.4, 0.5) is 10.1 Å². The van der Waals surface area contributed by atoms with Gasteiger partial charge in [0.15, 0.2) is 0 Å². The molecule has 2 aromatic carbocycles. The molecular weight excluding hydrogens is 377 g/mol. The van der Waals surface area contributed by atoms with E-state index in [2.05, 4.69) is 21.2 Å². The lowest BCUT2D eigenvalue weighted by atomic mass is 10.2. The second-order valence-corrected chi connectivity index (χ2v) is 6.50. The van der Waals surface area contributed by atoms with Crippen LogP contribution in [0.3, 0.4) is 0 Å². The molecule has 0 atom stereocenters. The molecule has 0 saturated heterocycles. The Bertz CT molecular complexity index is 653. The molecule has 0 fully saturated rings. The molecule has 0 unspecified atom stereocenters. The maximum atomic E-state index is 13.0. The second kappa shape index (κ2) is 7.82. The highest BCUT2D eigenvalue weighted by atomic mass is 79.9. The Balaban J connectivity index is 1.83. The molecule has 0 radical (unpaired) electrons. The number of hydrogen-bond donors (Lipinski definition) is 1. The van der Waals surface area contributed by atoms with E-state index < -0.39 is 0 Å². The predicted molar refractivity (Wildman–Crippen MR) is 90.3 cm³/mol. The van der Waals surface area contributed by atoms with Gasteiger partial charge in [0.1, 0.15) is 5.82 Å². The fourth-order valence-corrected chi connectivity index (χ4v) is 3.33. The van der Waals surface area contributed by atoms with Crippen molar-refractivity contribution in [2.45, 2.75) is 5.75 Å². The first kappa shape index (κ1) is 16.3. The van der Waals surface area contributed by atoms with Crippen molar-refractivity contribution in [1.82, 2.24) is 0 Å². The van der Waals surface area contributed by atoms with Crippen LogP contribution in [0.15, 0.2) is 46.9 Å². The van der Waals surface area contributed by atoms with Gasteiger partial charge in [0, 0.05) is 10.2 Å². The number of carbonyl (C=O) groups excluding carboxylic acids is 1. The van der Waals surface area contributed by atoms with E-state index in [0.29, 0.717) is 26.7 Å². The summed E-state index contributed by atoms with van der Waals surface area (Å²) in [5.74, 6) is 0.518. The van der Waals surface area contributed by atoms with Crippen molar-refractivity contribution >= 4 is 50.9 Å². The molecule has 110 valence electrons. The summed E-state index contributed by atoms with van der Waals surface area (Å²) in [5.41, 5.74) is 1.56. The van der Waals surface area contributed by atoms with Crippen LogP contribution in [0, 0.1) is 5.82 Å². The standard InChI is InChI=1S/C15H12BrClFNOS/c16-12-7-11(18)6-5-10(12)8-21-9-15(20)19-14-4-2-1-3-13(14)17/h1-7H,8-9H2,(H,19,20). The summed E-state index contributed by atoms with van der Waals surface area (Å²) in [7, 11) is 0. The third-order valence-electron chi connectivity index (χ3n) is 2.65. The van der Waals surface area contributed by atoms with Gasteiger partial charge in [0.25, 0.3) is 0 Å². The van der Waals surface area contributed by atoms with Crippen LogP contribution in [0.5, 0.6) is 0 Å². The molecule has 1 N–H and O–H groups in total. The van der Waals surface area contributed by atoms with Crippen molar-refractivity contribution in [2.75, 3.05) is 11.1 Å². The number of nitrogens with one attached hydrogen (secondary N) is 1. The zero-order chi connectivity index (χ0) is 15.2. The molecule has 0 aliphatic carbocycles. The first-order valence-corrected chi connectivity index (χ1v) is 8.45. The molecule has 0 saturated carbocycles. The third kappa shape index (κ3) is 5.02. The van der Waals surface area contributed by atoms with Gasteiger partial charge in [0.05, 0.1) is 16.5 Å². The van der Waals surface area contributed by atoms with E-state index >= 15 is 0 Å². The van der Waals surface area contributed by atoms with Crippen LogP contribution in [-0.2, 0) is 10.5 Å². The fraction of sp³-hybridized carbons (Fsp3) is 0.133. The number of rotatable bonds is 5. The van der Waals surface area contributed by atoms with Gasteiger partial charge >= 0.3 is 0 Å². The minimum atomic E-state index is -0.285. The molecule has 1 amide bonds. The minimum Gasteiger partial charge on any atom is -0.324 e. The summed E-state index contributed by atoms with van der Waals surface area (Å²) in [4.78, 5) is 11.8. The van der Waals surface area contributed by atoms with Crippen LogP contribution in [0.2, 0.25) is 5.02 Å². The number of hydrogen-bond acceptors (Lipinski definition) is 2. The zero-order valence-electron chi connectivity index (χ0n) is 10.9. The normalized spacial score (nSPS) is 10.4. The van der Waals surface area contributed by atoms with Crippen LogP contribution < -0.4 is 5.32 Å². The Morgan fingerprint density at radius 1 is 1.29 bits per heavy atom. The molecule has 0 bridgehead atoms. The molecule has 0 aliphatic rings. The van der Waals surface area contributed by atoms with E-state index in [1.807, 2.05) is 6.07 Å². The molecule has 2 nitrogen and oxygen atoms in total. The number of benzene rings is 2. The quantitative estimate of drug-likeness (QED) is 0.771. The third-order valence-corrected chi connectivity index (χ3v) is 4.70. The highest BCUT2D eigenvalue weighted by molar-refractivity contribution is 9.10. The van der Waals surface area contributed by atoms with Gasteiger partial charge in [-0.25, -0.2) is 4.39 Å². The monoisotopic (exact) mass is 387 g/mol. The lowest BCUT2D eigenvalue weighted by molar-refractivity contribution is -0.113. The molecule has 21 heavy (non-hydrogen) atoms. The molecule has 6 heteroatoms. The van der Waals surface area contributed by atoms with Gasteiger partial charge in [-0.3, -0.25) is 4.79 Å². The second-order valence-electron chi connectivity index (χ2n) is 4.26. The lowest BCUT2D eigenvalue weighted by Gasteiger charge is -2.07.